The number of rotatable bonds is 2. The van der Waals surface area contributed by atoms with Crippen LogP contribution in [0.15, 0.2) is 18.2 Å². The quantitative estimate of drug-likeness (QED) is 0.764. The Labute approximate surface area is 98.9 Å². The van der Waals surface area contributed by atoms with Gasteiger partial charge in [0.25, 0.3) is 5.91 Å². The molecular formula is C12H15FN2O2. The third-order valence-electron chi connectivity index (χ3n) is 2.79. The van der Waals surface area contributed by atoms with Crippen molar-refractivity contribution in [1.29, 1.82) is 0 Å². The molecule has 0 radical (unpaired) electrons. The third kappa shape index (κ3) is 2.94. The van der Waals surface area contributed by atoms with Crippen LogP contribution in [0.2, 0.25) is 0 Å². The minimum absolute atomic E-state index is 0.00325. The van der Waals surface area contributed by atoms with Crippen molar-refractivity contribution >= 4 is 11.6 Å². The molecule has 1 amide bonds. The maximum absolute atomic E-state index is 13.4. The smallest absolute Gasteiger partial charge is 0.254 e. The van der Waals surface area contributed by atoms with E-state index in [0.717, 1.165) is 12.8 Å². The Hall–Kier alpha value is -1.62. The SMILES string of the molecule is Nc1ccc(F)c(C(=O)NC2CCOCC2)c1. The summed E-state index contributed by atoms with van der Waals surface area (Å²) in [5, 5.41) is 2.79. The molecule has 1 aromatic rings. The number of nitrogens with one attached hydrogen (secondary N) is 1. The van der Waals surface area contributed by atoms with Gasteiger partial charge in [0.05, 0.1) is 5.56 Å². The summed E-state index contributed by atoms with van der Waals surface area (Å²) in [5.41, 5.74) is 5.91. The number of ether oxygens (including phenoxy) is 1. The average molecular weight is 238 g/mol. The highest BCUT2D eigenvalue weighted by Crippen LogP contribution is 2.13. The highest BCUT2D eigenvalue weighted by molar-refractivity contribution is 5.95. The summed E-state index contributed by atoms with van der Waals surface area (Å²) in [6.07, 6.45) is 1.52. The molecule has 1 saturated heterocycles. The first-order valence-electron chi connectivity index (χ1n) is 5.60. The lowest BCUT2D eigenvalue weighted by Gasteiger charge is -2.23. The third-order valence-corrected chi connectivity index (χ3v) is 2.79. The van der Waals surface area contributed by atoms with Gasteiger partial charge in [-0.2, -0.15) is 0 Å². The summed E-state index contributed by atoms with van der Waals surface area (Å²) in [6, 6.07) is 4.04. The standard InChI is InChI=1S/C12H15FN2O2/c13-11-2-1-8(14)7-10(11)12(16)15-9-3-5-17-6-4-9/h1-2,7,9H,3-6,14H2,(H,15,16). The van der Waals surface area contributed by atoms with Crippen molar-refractivity contribution in [3.8, 4) is 0 Å². The molecule has 92 valence electrons. The van der Waals surface area contributed by atoms with E-state index in [4.69, 9.17) is 10.5 Å². The molecule has 2 rings (SSSR count). The van der Waals surface area contributed by atoms with Crippen LogP contribution in [0.5, 0.6) is 0 Å². The monoisotopic (exact) mass is 238 g/mol. The van der Waals surface area contributed by atoms with E-state index in [0.29, 0.717) is 18.9 Å². The number of halogens is 1. The maximum atomic E-state index is 13.4. The number of carbonyl (C=O) groups is 1. The zero-order valence-corrected chi connectivity index (χ0v) is 9.41. The molecule has 1 heterocycles. The number of carbonyl (C=O) groups excluding carboxylic acids is 1. The first-order chi connectivity index (χ1) is 8.16. The fourth-order valence-corrected chi connectivity index (χ4v) is 1.82. The predicted octanol–water partition coefficient (Wildman–Crippen LogP) is 1.32. The lowest BCUT2D eigenvalue weighted by Crippen LogP contribution is -2.39. The minimum atomic E-state index is -0.552. The number of amides is 1. The van der Waals surface area contributed by atoms with Crippen LogP contribution in [0, 0.1) is 5.82 Å². The van der Waals surface area contributed by atoms with Gasteiger partial charge in [-0.25, -0.2) is 4.39 Å². The van der Waals surface area contributed by atoms with Crippen LogP contribution in [-0.4, -0.2) is 25.2 Å². The van der Waals surface area contributed by atoms with E-state index < -0.39 is 11.7 Å². The van der Waals surface area contributed by atoms with Crippen LogP contribution in [0.1, 0.15) is 23.2 Å². The van der Waals surface area contributed by atoms with E-state index in [-0.39, 0.29) is 11.6 Å². The van der Waals surface area contributed by atoms with Crippen LogP contribution in [-0.2, 0) is 4.74 Å². The van der Waals surface area contributed by atoms with Crippen molar-refractivity contribution in [1.82, 2.24) is 5.32 Å². The van der Waals surface area contributed by atoms with Gasteiger partial charge in [0.2, 0.25) is 0 Å². The average Bonchev–Trinajstić information content (AvgIpc) is 2.33. The van der Waals surface area contributed by atoms with E-state index in [2.05, 4.69) is 5.32 Å². The van der Waals surface area contributed by atoms with E-state index in [1.807, 2.05) is 0 Å². The molecule has 1 aromatic carbocycles. The summed E-state index contributed by atoms with van der Waals surface area (Å²) in [5.74, 6) is -0.967. The summed E-state index contributed by atoms with van der Waals surface area (Å²) >= 11 is 0. The number of hydrogen-bond donors (Lipinski definition) is 2. The minimum Gasteiger partial charge on any atom is -0.399 e. The van der Waals surface area contributed by atoms with Gasteiger partial charge in [0.15, 0.2) is 0 Å². The van der Waals surface area contributed by atoms with E-state index in [1.54, 1.807) is 0 Å². The Kier molecular flexibility index (Phi) is 3.58. The Morgan fingerprint density at radius 2 is 2.12 bits per heavy atom. The summed E-state index contributed by atoms with van der Waals surface area (Å²) in [4.78, 5) is 11.8. The van der Waals surface area contributed by atoms with Gasteiger partial charge in [-0.3, -0.25) is 4.79 Å². The van der Waals surface area contributed by atoms with Gasteiger partial charge >= 0.3 is 0 Å². The first-order valence-corrected chi connectivity index (χ1v) is 5.60. The first kappa shape index (κ1) is 11.9. The lowest BCUT2D eigenvalue weighted by molar-refractivity contribution is 0.0695. The zero-order chi connectivity index (χ0) is 12.3. The van der Waals surface area contributed by atoms with Gasteiger partial charge in [-0.1, -0.05) is 0 Å². The van der Waals surface area contributed by atoms with Gasteiger partial charge in [0.1, 0.15) is 5.82 Å². The van der Waals surface area contributed by atoms with Crippen LogP contribution in [0.4, 0.5) is 10.1 Å². The summed E-state index contributed by atoms with van der Waals surface area (Å²) in [7, 11) is 0. The van der Waals surface area contributed by atoms with Crippen molar-refractivity contribution in [2.45, 2.75) is 18.9 Å². The molecule has 0 aliphatic carbocycles. The summed E-state index contributed by atoms with van der Waals surface area (Å²) < 4.78 is 18.6. The van der Waals surface area contributed by atoms with Crippen LogP contribution >= 0.6 is 0 Å². The fraction of sp³-hybridized carbons (Fsp3) is 0.417. The topological polar surface area (TPSA) is 64.4 Å². The van der Waals surface area contributed by atoms with E-state index in [9.17, 15) is 9.18 Å². The van der Waals surface area contributed by atoms with Gasteiger partial charge in [-0.05, 0) is 31.0 Å². The van der Waals surface area contributed by atoms with Crippen LogP contribution in [0.3, 0.4) is 0 Å². The number of nitrogen functional groups attached to an aromatic ring is 1. The Balaban J connectivity index is 2.05. The molecule has 0 bridgehead atoms. The second kappa shape index (κ2) is 5.14. The van der Waals surface area contributed by atoms with Crippen LogP contribution < -0.4 is 11.1 Å². The van der Waals surface area contributed by atoms with Crippen molar-refractivity contribution in [3.63, 3.8) is 0 Å². The van der Waals surface area contributed by atoms with Crippen LogP contribution in [0.25, 0.3) is 0 Å². The molecule has 1 fully saturated rings. The van der Waals surface area contributed by atoms with Crippen molar-refractivity contribution < 1.29 is 13.9 Å². The Morgan fingerprint density at radius 1 is 1.41 bits per heavy atom. The maximum Gasteiger partial charge on any atom is 0.254 e. The molecule has 0 aromatic heterocycles. The molecular weight excluding hydrogens is 223 g/mol. The van der Waals surface area contributed by atoms with Gasteiger partial charge in [0, 0.05) is 24.9 Å². The lowest BCUT2D eigenvalue weighted by atomic mass is 10.1. The van der Waals surface area contributed by atoms with Crippen molar-refractivity contribution in [2.24, 2.45) is 0 Å². The molecule has 1 aliphatic heterocycles. The van der Waals surface area contributed by atoms with Gasteiger partial charge in [-0.15, -0.1) is 0 Å². The van der Waals surface area contributed by atoms with Crippen molar-refractivity contribution in [3.05, 3.63) is 29.6 Å². The number of benzene rings is 1. The summed E-state index contributed by atoms with van der Waals surface area (Å²) in [6.45, 7) is 1.26. The highest BCUT2D eigenvalue weighted by Gasteiger charge is 2.19. The molecule has 17 heavy (non-hydrogen) atoms. The number of hydrogen-bond acceptors (Lipinski definition) is 3. The molecule has 0 spiro atoms. The molecule has 1 aliphatic rings. The predicted molar refractivity (Wildman–Crippen MR) is 62.1 cm³/mol. The second-order valence-corrected chi connectivity index (χ2v) is 4.10. The van der Waals surface area contributed by atoms with Gasteiger partial charge < -0.3 is 15.8 Å². The van der Waals surface area contributed by atoms with Crippen molar-refractivity contribution in [2.75, 3.05) is 18.9 Å². The Bertz CT molecular complexity index is 417. The molecule has 0 atom stereocenters. The van der Waals surface area contributed by atoms with E-state index in [1.165, 1.54) is 18.2 Å². The molecule has 4 nitrogen and oxygen atoms in total. The largest absolute Gasteiger partial charge is 0.399 e. The molecule has 0 unspecified atom stereocenters. The Morgan fingerprint density at radius 3 is 2.82 bits per heavy atom. The normalized spacial score (nSPS) is 16.8. The number of anilines is 1. The molecule has 3 N–H and O–H groups in total. The zero-order valence-electron chi connectivity index (χ0n) is 9.41. The fourth-order valence-electron chi connectivity index (χ4n) is 1.82. The second-order valence-electron chi connectivity index (χ2n) is 4.10. The van der Waals surface area contributed by atoms with E-state index >= 15 is 0 Å². The molecule has 0 saturated carbocycles. The number of nitrogens with two attached hydrogens (primary N) is 1. The highest BCUT2D eigenvalue weighted by atomic mass is 19.1. The molecule has 5 heteroatoms.